The monoisotopic (exact) mass is 427 g/mol. The standard InChI is InChI=1S/C18H25N5O3S.ClH/c24-18(20-9-13-22-11-7-19-8-12-22)15-5-3-10-23(15)17-14-4-1-2-6-16(14)27(25,26)21-17;/h1-2,4,6,15,19H,3,5,7-13H2,(H,20,24);1H. The second-order valence-electron chi connectivity index (χ2n) is 7.12. The van der Waals surface area contributed by atoms with Gasteiger partial charge in [0, 0.05) is 51.4 Å². The van der Waals surface area contributed by atoms with E-state index in [1.54, 1.807) is 24.3 Å². The summed E-state index contributed by atoms with van der Waals surface area (Å²) in [6.45, 7) is 6.03. The smallest absolute Gasteiger partial charge is 0.285 e. The van der Waals surface area contributed by atoms with Crippen LogP contribution >= 0.6 is 12.4 Å². The molecule has 2 N–H and O–H groups in total. The summed E-state index contributed by atoms with van der Waals surface area (Å²) in [5.41, 5.74) is 0.595. The Bertz CT molecular complexity index is 855. The fourth-order valence-electron chi connectivity index (χ4n) is 3.98. The topological polar surface area (TPSA) is 94.1 Å². The largest absolute Gasteiger partial charge is 0.353 e. The molecule has 0 aromatic heterocycles. The molecule has 1 amide bonds. The van der Waals surface area contributed by atoms with E-state index in [0.29, 0.717) is 30.9 Å². The van der Waals surface area contributed by atoms with Crippen LogP contribution in [0, 0.1) is 0 Å². The number of nitrogens with zero attached hydrogens (tertiary/aromatic N) is 3. The van der Waals surface area contributed by atoms with Gasteiger partial charge in [0.05, 0.1) is 0 Å². The summed E-state index contributed by atoms with van der Waals surface area (Å²) in [5, 5.41) is 6.34. The van der Waals surface area contributed by atoms with Gasteiger partial charge in [-0.05, 0) is 25.0 Å². The van der Waals surface area contributed by atoms with Crippen molar-refractivity contribution in [1.29, 1.82) is 0 Å². The Balaban J connectivity index is 0.00000225. The van der Waals surface area contributed by atoms with Gasteiger partial charge in [0.15, 0.2) is 5.84 Å². The molecule has 1 aromatic rings. The van der Waals surface area contributed by atoms with E-state index in [-0.39, 0.29) is 29.3 Å². The first kappa shape index (κ1) is 21.0. The summed E-state index contributed by atoms with van der Waals surface area (Å²) in [7, 11) is -3.67. The number of sulfonamides is 1. The Kier molecular flexibility index (Phi) is 6.59. The second-order valence-corrected chi connectivity index (χ2v) is 8.69. The van der Waals surface area contributed by atoms with Gasteiger partial charge in [-0.1, -0.05) is 12.1 Å². The highest BCUT2D eigenvalue weighted by atomic mass is 35.5. The number of amidine groups is 1. The molecule has 1 aromatic carbocycles. The lowest BCUT2D eigenvalue weighted by Gasteiger charge is -2.28. The predicted octanol–water partition coefficient (Wildman–Crippen LogP) is 0.0431. The number of nitrogens with one attached hydrogen (secondary N) is 2. The zero-order chi connectivity index (χ0) is 18.9. The zero-order valence-electron chi connectivity index (χ0n) is 15.6. The minimum atomic E-state index is -3.67. The SMILES string of the molecule is Cl.O=C(NCCN1CCNCC1)C1CCCN1C1=NS(=O)(=O)c2ccccc21. The Hall–Kier alpha value is -1.68. The van der Waals surface area contributed by atoms with Crippen LogP contribution in [-0.4, -0.2) is 81.8 Å². The third kappa shape index (κ3) is 4.17. The Morgan fingerprint density at radius 3 is 2.75 bits per heavy atom. The van der Waals surface area contributed by atoms with Gasteiger partial charge in [-0.25, -0.2) is 0 Å². The molecule has 10 heteroatoms. The lowest BCUT2D eigenvalue weighted by atomic mass is 10.1. The van der Waals surface area contributed by atoms with Crippen molar-refractivity contribution >= 4 is 34.2 Å². The van der Waals surface area contributed by atoms with Crippen LogP contribution in [-0.2, 0) is 14.8 Å². The van der Waals surface area contributed by atoms with Crippen molar-refractivity contribution in [3.63, 3.8) is 0 Å². The number of halogens is 1. The van der Waals surface area contributed by atoms with E-state index in [9.17, 15) is 13.2 Å². The number of carbonyl (C=O) groups excluding carboxylic acids is 1. The molecule has 28 heavy (non-hydrogen) atoms. The van der Waals surface area contributed by atoms with Crippen molar-refractivity contribution in [1.82, 2.24) is 20.4 Å². The molecule has 0 saturated carbocycles. The van der Waals surface area contributed by atoms with Gasteiger partial charge in [-0.15, -0.1) is 16.8 Å². The van der Waals surface area contributed by atoms with Crippen molar-refractivity contribution in [3.05, 3.63) is 29.8 Å². The van der Waals surface area contributed by atoms with Gasteiger partial charge in [-0.2, -0.15) is 8.42 Å². The van der Waals surface area contributed by atoms with Crippen molar-refractivity contribution in [2.45, 2.75) is 23.8 Å². The van der Waals surface area contributed by atoms with Crippen LogP contribution in [0.4, 0.5) is 0 Å². The number of piperazine rings is 1. The van der Waals surface area contributed by atoms with Gasteiger partial charge in [0.2, 0.25) is 5.91 Å². The minimum Gasteiger partial charge on any atom is -0.353 e. The average molecular weight is 428 g/mol. The van der Waals surface area contributed by atoms with Gasteiger partial charge >= 0.3 is 0 Å². The normalized spacial score (nSPS) is 23.6. The maximum absolute atomic E-state index is 12.7. The van der Waals surface area contributed by atoms with Crippen LogP contribution in [0.5, 0.6) is 0 Å². The molecule has 1 unspecified atom stereocenters. The molecule has 154 valence electrons. The van der Waals surface area contributed by atoms with Gasteiger partial charge in [-0.3, -0.25) is 9.69 Å². The average Bonchev–Trinajstić information content (AvgIpc) is 3.26. The molecule has 3 heterocycles. The van der Waals surface area contributed by atoms with Crippen molar-refractivity contribution in [2.24, 2.45) is 4.40 Å². The van der Waals surface area contributed by atoms with Crippen LogP contribution in [0.1, 0.15) is 18.4 Å². The molecule has 3 aliphatic heterocycles. The van der Waals surface area contributed by atoms with Gasteiger partial charge in [0.25, 0.3) is 10.0 Å². The van der Waals surface area contributed by atoms with E-state index in [4.69, 9.17) is 0 Å². The second kappa shape index (κ2) is 8.77. The number of likely N-dealkylation sites (tertiary alicyclic amines) is 1. The molecular weight excluding hydrogens is 402 g/mol. The van der Waals surface area contributed by atoms with Crippen LogP contribution in [0.3, 0.4) is 0 Å². The van der Waals surface area contributed by atoms with Crippen molar-refractivity contribution in [3.8, 4) is 0 Å². The van der Waals surface area contributed by atoms with E-state index in [0.717, 1.165) is 39.1 Å². The first-order valence-electron chi connectivity index (χ1n) is 9.48. The van der Waals surface area contributed by atoms with Crippen LogP contribution in [0.15, 0.2) is 33.6 Å². The fraction of sp³-hybridized carbons (Fsp3) is 0.556. The maximum Gasteiger partial charge on any atom is 0.285 e. The van der Waals surface area contributed by atoms with Crippen molar-refractivity contribution < 1.29 is 13.2 Å². The molecule has 0 bridgehead atoms. The fourth-order valence-corrected chi connectivity index (χ4v) is 5.20. The highest BCUT2D eigenvalue weighted by Crippen LogP contribution is 2.31. The summed E-state index contributed by atoms with van der Waals surface area (Å²) < 4.78 is 28.6. The van der Waals surface area contributed by atoms with Crippen LogP contribution < -0.4 is 10.6 Å². The molecule has 3 aliphatic rings. The summed E-state index contributed by atoms with van der Waals surface area (Å²) in [5.74, 6) is 0.359. The summed E-state index contributed by atoms with van der Waals surface area (Å²) in [4.78, 5) is 17.1. The molecule has 0 aliphatic carbocycles. The van der Waals surface area contributed by atoms with Gasteiger partial charge in [0.1, 0.15) is 10.9 Å². The molecule has 0 radical (unpaired) electrons. The molecule has 2 saturated heterocycles. The quantitative estimate of drug-likeness (QED) is 0.704. The summed E-state index contributed by atoms with van der Waals surface area (Å²) >= 11 is 0. The number of hydrogen-bond donors (Lipinski definition) is 2. The lowest BCUT2D eigenvalue weighted by molar-refractivity contribution is -0.124. The summed E-state index contributed by atoms with van der Waals surface area (Å²) in [6, 6.07) is 6.46. The molecule has 1 atom stereocenters. The number of rotatable bonds is 4. The first-order valence-corrected chi connectivity index (χ1v) is 10.9. The number of carbonyl (C=O) groups is 1. The third-order valence-corrected chi connectivity index (χ3v) is 6.70. The Morgan fingerprint density at radius 1 is 1.21 bits per heavy atom. The maximum atomic E-state index is 12.7. The molecule has 4 rings (SSSR count). The van der Waals surface area contributed by atoms with Crippen LogP contribution in [0.2, 0.25) is 0 Å². The van der Waals surface area contributed by atoms with Crippen LogP contribution in [0.25, 0.3) is 0 Å². The van der Waals surface area contributed by atoms with Crippen molar-refractivity contribution in [2.75, 3.05) is 45.8 Å². The molecular formula is C18H26ClN5O3S. The Morgan fingerprint density at radius 2 is 1.96 bits per heavy atom. The van der Waals surface area contributed by atoms with Gasteiger partial charge < -0.3 is 15.5 Å². The molecule has 8 nitrogen and oxygen atoms in total. The first-order chi connectivity index (χ1) is 13.1. The highest BCUT2D eigenvalue weighted by Gasteiger charge is 2.39. The number of hydrogen-bond acceptors (Lipinski definition) is 6. The van der Waals surface area contributed by atoms with E-state index in [1.807, 2.05) is 4.90 Å². The Labute approximate surface area is 171 Å². The van der Waals surface area contributed by atoms with E-state index in [2.05, 4.69) is 19.9 Å². The number of fused-ring (bicyclic) bond motifs is 1. The highest BCUT2D eigenvalue weighted by molar-refractivity contribution is 7.90. The number of amides is 1. The van der Waals surface area contributed by atoms with E-state index < -0.39 is 10.0 Å². The summed E-state index contributed by atoms with van der Waals surface area (Å²) in [6.07, 6.45) is 1.55. The third-order valence-electron chi connectivity index (χ3n) is 5.38. The van der Waals surface area contributed by atoms with E-state index in [1.165, 1.54) is 0 Å². The lowest BCUT2D eigenvalue weighted by Crippen LogP contribution is -2.49. The zero-order valence-corrected chi connectivity index (χ0v) is 17.3. The predicted molar refractivity (Wildman–Crippen MR) is 109 cm³/mol. The molecule has 2 fully saturated rings. The number of benzene rings is 1. The van der Waals surface area contributed by atoms with E-state index >= 15 is 0 Å². The molecule has 0 spiro atoms. The minimum absolute atomic E-state index is 0.